The summed E-state index contributed by atoms with van der Waals surface area (Å²) in [4.78, 5) is 0. The lowest BCUT2D eigenvalue weighted by molar-refractivity contribution is 0.184. The van der Waals surface area contributed by atoms with Gasteiger partial charge >= 0.3 is 0 Å². The molecule has 0 bridgehead atoms. The first-order valence-corrected chi connectivity index (χ1v) is 6.65. The summed E-state index contributed by atoms with van der Waals surface area (Å²) in [7, 11) is 0. The first kappa shape index (κ1) is 11.4. The Hall–Kier alpha value is -0.0800. The van der Waals surface area contributed by atoms with E-state index in [0.29, 0.717) is 0 Å². The number of nitrogens with one attached hydrogen (secondary N) is 1. The number of hydrogen-bond acceptors (Lipinski definition) is 2. The fourth-order valence-corrected chi connectivity index (χ4v) is 2.77. The lowest BCUT2D eigenvalue weighted by Gasteiger charge is -2.18. The molecule has 88 valence electrons. The first-order valence-electron chi connectivity index (χ1n) is 6.65. The molecule has 2 nitrogen and oxygen atoms in total. The third kappa shape index (κ3) is 3.76. The van der Waals surface area contributed by atoms with Gasteiger partial charge in [0.25, 0.3) is 0 Å². The second-order valence-corrected chi connectivity index (χ2v) is 5.45. The third-order valence-corrected chi connectivity index (χ3v) is 3.98. The van der Waals surface area contributed by atoms with Crippen molar-refractivity contribution in [2.75, 3.05) is 19.8 Å². The Morgan fingerprint density at radius 3 is 2.87 bits per heavy atom. The average Bonchev–Trinajstić information content (AvgIpc) is 2.66. The van der Waals surface area contributed by atoms with E-state index < -0.39 is 0 Å². The van der Waals surface area contributed by atoms with Crippen molar-refractivity contribution in [3.8, 4) is 0 Å². The second-order valence-electron chi connectivity index (χ2n) is 5.45. The summed E-state index contributed by atoms with van der Waals surface area (Å²) >= 11 is 0. The number of ether oxygens (including phenoxy) is 1. The molecule has 2 heteroatoms. The van der Waals surface area contributed by atoms with E-state index in [1.54, 1.807) is 0 Å². The van der Waals surface area contributed by atoms with E-state index >= 15 is 0 Å². The van der Waals surface area contributed by atoms with Crippen molar-refractivity contribution in [2.24, 2.45) is 11.8 Å². The standard InChI is InChI=1S/C13H25NO/c1-11-3-2-4-13(6-5-11)14-9-12-7-8-15-10-12/h11-14H,2-10H2,1H3. The van der Waals surface area contributed by atoms with Crippen molar-refractivity contribution in [3.05, 3.63) is 0 Å². The molecular formula is C13H25NO. The van der Waals surface area contributed by atoms with Crippen LogP contribution in [0.5, 0.6) is 0 Å². The Labute approximate surface area is 93.8 Å². The molecule has 0 aromatic heterocycles. The zero-order valence-corrected chi connectivity index (χ0v) is 10.0. The molecule has 15 heavy (non-hydrogen) atoms. The highest BCUT2D eigenvalue weighted by atomic mass is 16.5. The average molecular weight is 211 g/mol. The predicted molar refractivity (Wildman–Crippen MR) is 63.0 cm³/mol. The van der Waals surface area contributed by atoms with Gasteiger partial charge in [-0.15, -0.1) is 0 Å². The summed E-state index contributed by atoms with van der Waals surface area (Å²) in [6.07, 6.45) is 8.30. The van der Waals surface area contributed by atoms with Crippen molar-refractivity contribution in [3.63, 3.8) is 0 Å². The zero-order chi connectivity index (χ0) is 10.5. The molecule has 3 atom stereocenters. The number of rotatable bonds is 3. The normalized spacial score (nSPS) is 37.8. The van der Waals surface area contributed by atoms with Gasteiger partial charge in [-0.2, -0.15) is 0 Å². The minimum Gasteiger partial charge on any atom is -0.381 e. The molecule has 1 saturated heterocycles. The van der Waals surface area contributed by atoms with Gasteiger partial charge in [0.1, 0.15) is 0 Å². The fraction of sp³-hybridized carbons (Fsp3) is 1.00. The molecule has 2 aliphatic rings. The van der Waals surface area contributed by atoms with Crippen LogP contribution in [-0.4, -0.2) is 25.8 Å². The monoisotopic (exact) mass is 211 g/mol. The van der Waals surface area contributed by atoms with Gasteiger partial charge in [-0.1, -0.05) is 19.8 Å². The van der Waals surface area contributed by atoms with Gasteiger partial charge in [0.2, 0.25) is 0 Å². The lowest BCUT2D eigenvalue weighted by atomic mass is 10.0. The molecule has 1 aliphatic heterocycles. The second kappa shape index (κ2) is 5.86. The maximum atomic E-state index is 5.40. The van der Waals surface area contributed by atoms with Crippen LogP contribution in [0.4, 0.5) is 0 Å². The summed E-state index contributed by atoms with van der Waals surface area (Å²) in [6, 6.07) is 0.788. The molecule has 1 N–H and O–H groups in total. The van der Waals surface area contributed by atoms with Crippen molar-refractivity contribution in [2.45, 2.75) is 51.5 Å². The molecule has 0 aromatic rings. The quantitative estimate of drug-likeness (QED) is 0.724. The Bertz CT molecular complexity index is 177. The van der Waals surface area contributed by atoms with Crippen LogP contribution in [0.2, 0.25) is 0 Å². The van der Waals surface area contributed by atoms with E-state index in [0.717, 1.165) is 31.1 Å². The first-order chi connectivity index (χ1) is 7.34. The minimum atomic E-state index is 0.783. The van der Waals surface area contributed by atoms with Gasteiger partial charge in [0, 0.05) is 19.2 Å². The van der Waals surface area contributed by atoms with Gasteiger partial charge in [-0.05, 0) is 37.5 Å². The van der Waals surface area contributed by atoms with Gasteiger partial charge in [-0.25, -0.2) is 0 Å². The molecule has 0 radical (unpaired) electrons. The topological polar surface area (TPSA) is 21.3 Å². The summed E-state index contributed by atoms with van der Waals surface area (Å²) in [5, 5.41) is 3.74. The highest BCUT2D eigenvalue weighted by Gasteiger charge is 2.19. The molecular weight excluding hydrogens is 186 g/mol. The highest BCUT2D eigenvalue weighted by molar-refractivity contribution is 4.76. The Kier molecular flexibility index (Phi) is 4.45. The maximum absolute atomic E-state index is 5.40. The fourth-order valence-electron chi connectivity index (χ4n) is 2.77. The van der Waals surface area contributed by atoms with E-state index in [-0.39, 0.29) is 0 Å². The van der Waals surface area contributed by atoms with Crippen LogP contribution in [-0.2, 0) is 4.74 Å². The summed E-state index contributed by atoms with van der Waals surface area (Å²) in [5.41, 5.74) is 0. The van der Waals surface area contributed by atoms with Crippen molar-refractivity contribution >= 4 is 0 Å². The van der Waals surface area contributed by atoms with Crippen LogP contribution in [0.15, 0.2) is 0 Å². The Morgan fingerprint density at radius 1 is 1.13 bits per heavy atom. The minimum absolute atomic E-state index is 0.783. The van der Waals surface area contributed by atoms with Crippen LogP contribution in [0.25, 0.3) is 0 Å². The van der Waals surface area contributed by atoms with Crippen LogP contribution in [0.3, 0.4) is 0 Å². The summed E-state index contributed by atoms with van der Waals surface area (Å²) in [5.74, 6) is 1.73. The Morgan fingerprint density at radius 2 is 2.07 bits per heavy atom. The van der Waals surface area contributed by atoms with Crippen molar-refractivity contribution < 1.29 is 4.74 Å². The molecule has 0 spiro atoms. The van der Waals surface area contributed by atoms with Crippen LogP contribution in [0, 0.1) is 11.8 Å². The molecule has 1 saturated carbocycles. The van der Waals surface area contributed by atoms with Crippen LogP contribution >= 0.6 is 0 Å². The lowest BCUT2D eigenvalue weighted by Crippen LogP contribution is -2.33. The highest BCUT2D eigenvalue weighted by Crippen LogP contribution is 2.23. The molecule has 3 unspecified atom stereocenters. The van der Waals surface area contributed by atoms with Crippen molar-refractivity contribution in [1.29, 1.82) is 0 Å². The van der Waals surface area contributed by atoms with E-state index in [1.165, 1.54) is 45.1 Å². The smallest absolute Gasteiger partial charge is 0.0507 e. The van der Waals surface area contributed by atoms with E-state index in [4.69, 9.17) is 4.74 Å². The molecule has 2 fully saturated rings. The van der Waals surface area contributed by atoms with E-state index in [2.05, 4.69) is 12.2 Å². The zero-order valence-electron chi connectivity index (χ0n) is 10.0. The predicted octanol–water partition coefficient (Wildman–Crippen LogP) is 2.58. The Balaban J connectivity index is 1.64. The van der Waals surface area contributed by atoms with E-state index in [1.807, 2.05) is 0 Å². The summed E-state index contributed by atoms with van der Waals surface area (Å²) in [6.45, 7) is 5.54. The van der Waals surface area contributed by atoms with Gasteiger partial charge in [0.05, 0.1) is 6.61 Å². The molecule has 1 aliphatic carbocycles. The van der Waals surface area contributed by atoms with Crippen molar-refractivity contribution in [1.82, 2.24) is 5.32 Å². The van der Waals surface area contributed by atoms with Gasteiger partial charge in [-0.3, -0.25) is 0 Å². The summed E-state index contributed by atoms with van der Waals surface area (Å²) < 4.78 is 5.40. The van der Waals surface area contributed by atoms with Crippen LogP contribution in [0.1, 0.15) is 45.4 Å². The van der Waals surface area contributed by atoms with Gasteiger partial charge < -0.3 is 10.1 Å². The molecule has 1 heterocycles. The number of hydrogen-bond donors (Lipinski definition) is 1. The largest absolute Gasteiger partial charge is 0.381 e. The molecule has 0 amide bonds. The third-order valence-electron chi connectivity index (χ3n) is 3.98. The van der Waals surface area contributed by atoms with Crippen LogP contribution < -0.4 is 5.32 Å². The van der Waals surface area contributed by atoms with E-state index in [9.17, 15) is 0 Å². The maximum Gasteiger partial charge on any atom is 0.0507 e. The van der Waals surface area contributed by atoms with Gasteiger partial charge in [0.15, 0.2) is 0 Å². The molecule has 2 rings (SSSR count). The SMILES string of the molecule is CC1CCCC(NCC2CCOC2)CC1. The molecule has 0 aromatic carbocycles.